The molecule has 0 amide bonds. The third kappa shape index (κ3) is 3.40. The predicted octanol–water partition coefficient (Wildman–Crippen LogP) is 3.43. The second kappa shape index (κ2) is 6.79. The first kappa shape index (κ1) is 16.3. The summed E-state index contributed by atoms with van der Waals surface area (Å²) in [6.45, 7) is 7.31. The van der Waals surface area contributed by atoms with E-state index in [0.717, 1.165) is 18.0 Å². The van der Waals surface area contributed by atoms with Crippen molar-refractivity contribution >= 4 is 40.7 Å². The van der Waals surface area contributed by atoms with Gasteiger partial charge in [-0.15, -0.1) is 0 Å². The molecule has 0 saturated carbocycles. The van der Waals surface area contributed by atoms with E-state index < -0.39 is 0 Å². The highest BCUT2D eigenvalue weighted by Crippen LogP contribution is 2.38. The maximum atomic E-state index is 12.2. The molecular formula is C15H21ClN2O2S. The lowest BCUT2D eigenvalue weighted by molar-refractivity contribution is 0.0527. The van der Waals surface area contributed by atoms with E-state index in [9.17, 15) is 4.79 Å². The number of esters is 1. The molecule has 1 aromatic rings. The van der Waals surface area contributed by atoms with Crippen molar-refractivity contribution in [1.29, 1.82) is 0 Å². The summed E-state index contributed by atoms with van der Waals surface area (Å²) >= 11 is 8.32. The molecule has 1 heterocycles. The molecule has 0 spiro atoms. The number of anilines is 2. The fourth-order valence-corrected chi connectivity index (χ4v) is 3.96. The van der Waals surface area contributed by atoms with Crippen LogP contribution in [-0.2, 0) is 4.74 Å². The molecule has 0 bridgehead atoms. The van der Waals surface area contributed by atoms with Gasteiger partial charge in [-0.05, 0) is 26.0 Å². The van der Waals surface area contributed by atoms with Crippen LogP contribution in [0.2, 0.25) is 5.02 Å². The summed E-state index contributed by atoms with van der Waals surface area (Å²) in [5, 5.41) is 0.978. The van der Waals surface area contributed by atoms with Gasteiger partial charge in [-0.25, -0.2) is 4.79 Å². The van der Waals surface area contributed by atoms with E-state index >= 15 is 0 Å². The van der Waals surface area contributed by atoms with Gasteiger partial charge in [0.25, 0.3) is 0 Å². The lowest BCUT2D eigenvalue weighted by Crippen LogP contribution is -2.45. The van der Waals surface area contributed by atoms with Crippen LogP contribution >= 0.6 is 23.4 Å². The SMILES string of the molecule is CCOC(=O)c1cc(N)cc(Cl)c1N1CCSC(C)C1C. The molecule has 21 heavy (non-hydrogen) atoms. The highest BCUT2D eigenvalue weighted by Gasteiger charge is 2.30. The Labute approximate surface area is 135 Å². The van der Waals surface area contributed by atoms with E-state index in [1.807, 2.05) is 11.8 Å². The van der Waals surface area contributed by atoms with Gasteiger partial charge in [0.2, 0.25) is 0 Å². The topological polar surface area (TPSA) is 55.6 Å². The van der Waals surface area contributed by atoms with Crippen LogP contribution in [-0.4, -0.2) is 36.2 Å². The van der Waals surface area contributed by atoms with Gasteiger partial charge in [0.1, 0.15) is 0 Å². The van der Waals surface area contributed by atoms with Crippen molar-refractivity contribution in [2.45, 2.75) is 32.1 Å². The maximum absolute atomic E-state index is 12.2. The Morgan fingerprint density at radius 3 is 2.90 bits per heavy atom. The van der Waals surface area contributed by atoms with Gasteiger partial charge in [0, 0.05) is 29.3 Å². The third-order valence-corrected chi connectivity index (χ3v) is 5.38. The zero-order chi connectivity index (χ0) is 15.6. The monoisotopic (exact) mass is 328 g/mol. The van der Waals surface area contributed by atoms with Crippen molar-refractivity contribution in [1.82, 2.24) is 0 Å². The number of halogens is 1. The average molecular weight is 329 g/mol. The Morgan fingerprint density at radius 1 is 1.52 bits per heavy atom. The second-order valence-electron chi connectivity index (χ2n) is 5.13. The van der Waals surface area contributed by atoms with E-state index in [-0.39, 0.29) is 12.0 Å². The van der Waals surface area contributed by atoms with Gasteiger partial charge in [-0.1, -0.05) is 18.5 Å². The van der Waals surface area contributed by atoms with Gasteiger partial charge in [-0.2, -0.15) is 11.8 Å². The molecule has 2 rings (SSSR count). The van der Waals surface area contributed by atoms with Gasteiger partial charge in [-0.3, -0.25) is 0 Å². The predicted molar refractivity (Wildman–Crippen MR) is 90.5 cm³/mol. The zero-order valence-corrected chi connectivity index (χ0v) is 14.1. The van der Waals surface area contributed by atoms with Crippen molar-refractivity contribution in [2.24, 2.45) is 0 Å². The van der Waals surface area contributed by atoms with Crippen molar-refractivity contribution in [3.05, 3.63) is 22.7 Å². The molecule has 6 heteroatoms. The molecule has 2 unspecified atom stereocenters. The molecule has 0 aromatic heterocycles. The Morgan fingerprint density at radius 2 is 2.24 bits per heavy atom. The van der Waals surface area contributed by atoms with Crippen molar-refractivity contribution < 1.29 is 9.53 Å². The van der Waals surface area contributed by atoms with Crippen LogP contribution in [0.15, 0.2) is 12.1 Å². The molecular weight excluding hydrogens is 308 g/mol. The highest BCUT2D eigenvalue weighted by molar-refractivity contribution is 8.00. The van der Waals surface area contributed by atoms with Crippen molar-refractivity contribution in [3.63, 3.8) is 0 Å². The fraction of sp³-hybridized carbons (Fsp3) is 0.533. The van der Waals surface area contributed by atoms with Gasteiger partial charge >= 0.3 is 5.97 Å². The molecule has 0 aliphatic carbocycles. The quantitative estimate of drug-likeness (QED) is 0.680. The first-order valence-electron chi connectivity index (χ1n) is 7.10. The Kier molecular flexibility index (Phi) is 5.27. The first-order valence-corrected chi connectivity index (χ1v) is 8.52. The first-order chi connectivity index (χ1) is 9.95. The van der Waals surface area contributed by atoms with E-state index in [1.165, 1.54) is 0 Å². The van der Waals surface area contributed by atoms with Gasteiger partial charge in [0.05, 0.1) is 22.9 Å². The van der Waals surface area contributed by atoms with Crippen molar-refractivity contribution in [2.75, 3.05) is 29.5 Å². The smallest absolute Gasteiger partial charge is 0.340 e. The summed E-state index contributed by atoms with van der Waals surface area (Å²) < 4.78 is 5.15. The van der Waals surface area contributed by atoms with E-state index in [2.05, 4.69) is 18.7 Å². The maximum Gasteiger partial charge on any atom is 0.340 e. The Bertz CT molecular complexity index is 539. The molecule has 1 aliphatic rings. The zero-order valence-electron chi connectivity index (χ0n) is 12.6. The van der Waals surface area contributed by atoms with E-state index in [1.54, 1.807) is 19.1 Å². The number of carbonyl (C=O) groups is 1. The number of nitrogens with zero attached hydrogens (tertiary/aromatic N) is 1. The number of rotatable bonds is 3. The molecule has 1 aromatic carbocycles. The summed E-state index contributed by atoms with van der Waals surface area (Å²) in [5.41, 5.74) is 7.50. The molecule has 116 valence electrons. The number of ether oxygens (including phenoxy) is 1. The number of nitrogen functional groups attached to an aromatic ring is 1. The largest absolute Gasteiger partial charge is 0.462 e. The van der Waals surface area contributed by atoms with Crippen LogP contribution in [0.5, 0.6) is 0 Å². The molecule has 1 fully saturated rings. The minimum Gasteiger partial charge on any atom is -0.462 e. The molecule has 2 N–H and O–H groups in total. The van der Waals surface area contributed by atoms with Crippen LogP contribution in [0.25, 0.3) is 0 Å². The third-order valence-electron chi connectivity index (χ3n) is 3.75. The van der Waals surface area contributed by atoms with Crippen LogP contribution in [0.3, 0.4) is 0 Å². The van der Waals surface area contributed by atoms with E-state index in [4.69, 9.17) is 22.1 Å². The summed E-state index contributed by atoms with van der Waals surface area (Å²) in [6.07, 6.45) is 0. The van der Waals surface area contributed by atoms with E-state index in [0.29, 0.717) is 28.1 Å². The normalized spacial score (nSPS) is 22.2. The van der Waals surface area contributed by atoms with Crippen molar-refractivity contribution in [3.8, 4) is 0 Å². The summed E-state index contributed by atoms with van der Waals surface area (Å²) in [6, 6.07) is 3.63. The molecule has 4 nitrogen and oxygen atoms in total. The summed E-state index contributed by atoms with van der Waals surface area (Å²) in [4.78, 5) is 14.4. The Balaban J connectivity index is 2.48. The van der Waals surface area contributed by atoms with Gasteiger partial charge < -0.3 is 15.4 Å². The fourth-order valence-electron chi connectivity index (χ4n) is 2.53. The molecule has 0 radical (unpaired) electrons. The van der Waals surface area contributed by atoms with Crippen LogP contribution in [0, 0.1) is 0 Å². The second-order valence-corrected chi connectivity index (χ2v) is 7.02. The number of hydrogen-bond acceptors (Lipinski definition) is 5. The minimum absolute atomic E-state index is 0.290. The lowest BCUT2D eigenvalue weighted by atomic mass is 10.1. The van der Waals surface area contributed by atoms with Crippen LogP contribution in [0.4, 0.5) is 11.4 Å². The number of thioether (sulfide) groups is 1. The molecule has 1 aliphatic heterocycles. The van der Waals surface area contributed by atoms with Gasteiger partial charge in [0.15, 0.2) is 0 Å². The molecule has 1 saturated heterocycles. The molecule has 2 atom stereocenters. The number of hydrogen-bond donors (Lipinski definition) is 1. The standard InChI is InChI=1S/C15H21ClN2O2S/c1-4-20-15(19)12-7-11(17)8-13(16)14(12)18-5-6-21-10(3)9(18)2/h7-10H,4-6,17H2,1-3H3. The Hall–Kier alpha value is -1.07. The lowest BCUT2D eigenvalue weighted by Gasteiger charge is -2.40. The minimum atomic E-state index is -0.375. The number of carbonyl (C=O) groups excluding carboxylic acids is 1. The average Bonchev–Trinajstić information content (AvgIpc) is 2.42. The highest BCUT2D eigenvalue weighted by atomic mass is 35.5. The summed E-state index contributed by atoms with van der Waals surface area (Å²) in [7, 11) is 0. The van der Waals surface area contributed by atoms with Crippen LogP contribution in [0.1, 0.15) is 31.1 Å². The number of benzene rings is 1. The summed E-state index contributed by atoms with van der Waals surface area (Å²) in [5.74, 6) is 0.633. The number of nitrogens with two attached hydrogens (primary N) is 1. The van der Waals surface area contributed by atoms with Crippen LogP contribution < -0.4 is 10.6 Å².